The molecule has 15 heavy (non-hydrogen) atoms. The van der Waals surface area contributed by atoms with Crippen molar-refractivity contribution >= 4 is 11.8 Å². The van der Waals surface area contributed by atoms with Crippen LogP contribution in [0, 0.1) is 0 Å². The minimum absolute atomic E-state index is 0.545. The third-order valence-corrected chi connectivity index (χ3v) is 2.33. The van der Waals surface area contributed by atoms with E-state index in [-0.39, 0.29) is 0 Å². The number of aromatic nitrogens is 2. The third-order valence-electron chi connectivity index (χ3n) is 2.33. The van der Waals surface area contributed by atoms with E-state index in [4.69, 9.17) is 5.11 Å². The van der Waals surface area contributed by atoms with Gasteiger partial charge in [-0.3, -0.25) is 4.90 Å². The van der Waals surface area contributed by atoms with Gasteiger partial charge in [0.05, 0.1) is 18.1 Å². The highest BCUT2D eigenvalue weighted by molar-refractivity contribution is 5.81. The van der Waals surface area contributed by atoms with Crippen LogP contribution in [-0.4, -0.2) is 32.8 Å². The average molecular weight is 205 g/mol. The number of carboxylic acid groups (broad SMARTS) is 1. The summed E-state index contributed by atoms with van der Waals surface area (Å²) >= 11 is 0. The van der Waals surface area contributed by atoms with E-state index in [1.54, 1.807) is 18.5 Å². The Bertz CT molecular complexity index is 389. The van der Waals surface area contributed by atoms with Crippen LogP contribution in [0.2, 0.25) is 0 Å². The molecule has 0 bridgehead atoms. The van der Waals surface area contributed by atoms with Gasteiger partial charge in [0.1, 0.15) is 0 Å². The van der Waals surface area contributed by atoms with Crippen molar-refractivity contribution in [3.8, 4) is 0 Å². The fourth-order valence-electron chi connectivity index (χ4n) is 1.63. The van der Waals surface area contributed by atoms with Crippen molar-refractivity contribution in [2.75, 3.05) is 6.54 Å². The lowest BCUT2D eigenvalue weighted by Gasteiger charge is -2.25. The number of hydrogen-bond acceptors (Lipinski definition) is 3. The normalized spacial score (nSPS) is 16.0. The molecule has 1 aromatic heterocycles. The highest BCUT2D eigenvalue weighted by atomic mass is 16.4. The quantitative estimate of drug-likeness (QED) is 0.756. The fraction of sp³-hybridized carbons (Fsp3) is 0.300. The lowest BCUT2D eigenvalue weighted by atomic mass is 10.1. The van der Waals surface area contributed by atoms with E-state index in [0.29, 0.717) is 12.2 Å². The molecule has 0 fully saturated rings. The molecule has 78 valence electrons. The summed E-state index contributed by atoms with van der Waals surface area (Å²) in [6.07, 6.45) is 5.92. The third kappa shape index (κ3) is 1.96. The number of amides is 1. The molecule has 0 atom stereocenters. The molecule has 0 unspecified atom stereocenters. The predicted octanol–water partition coefficient (Wildman–Crippen LogP) is 1.59. The van der Waals surface area contributed by atoms with E-state index in [1.807, 2.05) is 6.08 Å². The number of nitrogens with zero attached hydrogens (tertiary/aromatic N) is 3. The van der Waals surface area contributed by atoms with Crippen LogP contribution in [0.25, 0.3) is 5.70 Å². The van der Waals surface area contributed by atoms with Crippen LogP contribution in [0.15, 0.2) is 24.5 Å². The SMILES string of the molecule is O=C(O)N1CCCC=C1c1ccnnc1. The molecule has 5 heteroatoms. The van der Waals surface area contributed by atoms with Crippen molar-refractivity contribution in [3.63, 3.8) is 0 Å². The molecule has 0 radical (unpaired) electrons. The van der Waals surface area contributed by atoms with Gasteiger partial charge in [-0.15, -0.1) is 0 Å². The molecule has 0 saturated heterocycles. The van der Waals surface area contributed by atoms with Crippen LogP contribution in [-0.2, 0) is 0 Å². The van der Waals surface area contributed by atoms with E-state index < -0.39 is 6.09 Å². The molecule has 5 nitrogen and oxygen atoms in total. The molecular formula is C10H11N3O2. The van der Waals surface area contributed by atoms with Gasteiger partial charge >= 0.3 is 6.09 Å². The van der Waals surface area contributed by atoms with Gasteiger partial charge < -0.3 is 5.11 Å². The van der Waals surface area contributed by atoms with E-state index in [1.165, 1.54) is 4.90 Å². The smallest absolute Gasteiger partial charge is 0.411 e. The van der Waals surface area contributed by atoms with Crippen LogP contribution in [0.4, 0.5) is 4.79 Å². The highest BCUT2D eigenvalue weighted by Crippen LogP contribution is 2.23. The molecular weight excluding hydrogens is 194 g/mol. The minimum Gasteiger partial charge on any atom is -0.465 e. The van der Waals surface area contributed by atoms with Crippen LogP contribution in [0.1, 0.15) is 18.4 Å². The summed E-state index contributed by atoms with van der Waals surface area (Å²) < 4.78 is 0. The summed E-state index contributed by atoms with van der Waals surface area (Å²) in [5.41, 5.74) is 1.51. The second kappa shape index (κ2) is 4.08. The maximum Gasteiger partial charge on any atom is 0.411 e. The summed E-state index contributed by atoms with van der Waals surface area (Å²) in [5, 5.41) is 16.4. The molecule has 0 spiro atoms. The lowest BCUT2D eigenvalue weighted by Crippen LogP contribution is -2.31. The van der Waals surface area contributed by atoms with Gasteiger partial charge in [0.25, 0.3) is 0 Å². The Morgan fingerprint density at radius 1 is 1.47 bits per heavy atom. The zero-order chi connectivity index (χ0) is 10.7. The zero-order valence-electron chi connectivity index (χ0n) is 8.13. The van der Waals surface area contributed by atoms with Gasteiger partial charge in [0.15, 0.2) is 0 Å². The summed E-state index contributed by atoms with van der Waals surface area (Å²) in [7, 11) is 0. The highest BCUT2D eigenvalue weighted by Gasteiger charge is 2.20. The molecule has 0 aliphatic carbocycles. The Balaban J connectivity index is 2.34. The van der Waals surface area contributed by atoms with Crippen molar-refractivity contribution < 1.29 is 9.90 Å². The van der Waals surface area contributed by atoms with Crippen LogP contribution < -0.4 is 0 Å². The molecule has 0 aromatic carbocycles. The van der Waals surface area contributed by atoms with Gasteiger partial charge in [0.2, 0.25) is 0 Å². The topological polar surface area (TPSA) is 66.3 Å². The van der Waals surface area contributed by atoms with Crippen molar-refractivity contribution in [1.82, 2.24) is 15.1 Å². The standard InChI is InChI=1S/C10H11N3O2/c14-10(15)13-6-2-1-3-9(13)8-4-5-11-12-7-8/h3-5,7H,1-2,6H2,(H,14,15). The number of carbonyl (C=O) groups is 1. The first-order valence-corrected chi connectivity index (χ1v) is 4.77. The minimum atomic E-state index is -0.919. The number of allylic oxidation sites excluding steroid dienone is 1. The monoisotopic (exact) mass is 205 g/mol. The van der Waals surface area contributed by atoms with Crippen molar-refractivity contribution in [3.05, 3.63) is 30.1 Å². The predicted molar refractivity (Wildman–Crippen MR) is 54.0 cm³/mol. The molecule has 2 heterocycles. The Hall–Kier alpha value is -1.91. The van der Waals surface area contributed by atoms with Crippen LogP contribution in [0.5, 0.6) is 0 Å². The summed E-state index contributed by atoms with van der Waals surface area (Å²) in [4.78, 5) is 12.3. The maximum absolute atomic E-state index is 11.0. The van der Waals surface area contributed by atoms with Crippen molar-refractivity contribution in [1.29, 1.82) is 0 Å². The van der Waals surface area contributed by atoms with E-state index in [2.05, 4.69) is 10.2 Å². The second-order valence-electron chi connectivity index (χ2n) is 3.30. The van der Waals surface area contributed by atoms with Gasteiger partial charge in [-0.2, -0.15) is 10.2 Å². The zero-order valence-corrected chi connectivity index (χ0v) is 8.13. The van der Waals surface area contributed by atoms with Crippen molar-refractivity contribution in [2.45, 2.75) is 12.8 Å². The fourth-order valence-corrected chi connectivity index (χ4v) is 1.63. The van der Waals surface area contributed by atoms with Crippen LogP contribution >= 0.6 is 0 Å². The van der Waals surface area contributed by atoms with E-state index >= 15 is 0 Å². The Morgan fingerprint density at radius 3 is 3.00 bits per heavy atom. The largest absolute Gasteiger partial charge is 0.465 e. The Morgan fingerprint density at radius 2 is 2.33 bits per heavy atom. The van der Waals surface area contributed by atoms with E-state index in [9.17, 15) is 4.79 Å². The van der Waals surface area contributed by atoms with Gasteiger partial charge in [-0.1, -0.05) is 6.08 Å². The van der Waals surface area contributed by atoms with Crippen molar-refractivity contribution in [2.24, 2.45) is 0 Å². The maximum atomic E-state index is 11.0. The molecule has 1 amide bonds. The Labute approximate surface area is 87.0 Å². The number of hydrogen-bond donors (Lipinski definition) is 1. The molecule has 1 N–H and O–H groups in total. The average Bonchev–Trinajstić information content (AvgIpc) is 2.30. The van der Waals surface area contributed by atoms with Crippen LogP contribution in [0.3, 0.4) is 0 Å². The first-order chi connectivity index (χ1) is 7.29. The molecule has 1 aromatic rings. The van der Waals surface area contributed by atoms with Gasteiger partial charge in [0, 0.05) is 12.1 Å². The van der Waals surface area contributed by atoms with Gasteiger partial charge in [-0.05, 0) is 18.9 Å². The number of rotatable bonds is 1. The molecule has 1 aliphatic heterocycles. The first-order valence-electron chi connectivity index (χ1n) is 4.77. The summed E-state index contributed by atoms with van der Waals surface area (Å²) in [6, 6.07) is 1.76. The first kappa shape index (κ1) is 9.64. The molecule has 1 aliphatic rings. The summed E-state index contributed by atoms with van der Waals surface area (Å²) in [6.45, 7) is 0.545. The summed E-state index contributed by atoms with van der Waals surface area (Å²) in [5.74, 6) is 0. The molecule has 0 saturated carbocycles. The Kier molecular flexibility index (Phi) is 2.62. The molecule has 2 rings (SSSR count). The second-order valence-corrected chi connectivity index (χ2v) is 3.30. The van der Waals surface area contributed by atoms with E-state index in [0.717, 1.165) is 18.4 Å². The van der Waals surface area contributed by atoms with Gasteiger partial charge in [-0.25, -0.2) is 4.79 Å². The lowest BCUT2D eigenvalue weighted by molar-refractivity contribution is 0.164.